The predicted molar refractivity (Wildman–Crippen MR) is 68.8 cm³/mol. The van der Waals surface area contributed by atoms with E-state index in [4.69, 9.17) is 0 Å². The molecule has 1 aromatic carbocycles. The van der Waals surface area contributed by atoms with Crippen molar-refractivity contribution >= 4 is 11.8 Å². The van der Waals surface area contributed by atoms with E-state index in [-0.39, 0.29) is 24.4 Å². The summed E-state index contributed by atoms with van der Waals surface area (Å²) in [6.07, 6.45) is 0.705. The average Bonchev–Trinajstić information content (AvgIpc) is 2.37. The first-order valence-corrected chi connectivity index (χ1v) is 6.25. The van der Waals surface area contributed by atoms with Gasteiger partial charge < -0.3 is 0 Å². The lowest BCUT2D eigenvalue weighted by Crippen LogP contribution is -2.57. The Morgan fingerprint density at radius 2 is 2.06 bits per heavy atom. The summed E-state index contributed by atoms with van der Waals surface area (Å²) < 4.78 is 0. The van der Waals surface area contributed by atoms with Gasteiger partial charge >= 0.3 is 0 Å². The van der Waals surface area contributed by atoms with Gasteiger partial charge in [-0.3, -0.25) is 19.8 Å². The van der Waals surface area contributed by atoms with Gasteiger partial charge in [0.2, 0.25) is 11.8 Å². The highest BCUT2D eigenvalue weighted by Crippen LogP contribution is 2.14. The van der Waals surface area contributed by atoms with Crippen LogP contribution in [-0.4, -0.2) is 29.3 Å². The van der Waals surface area contributed by atoms with Crippen LogP contribution in [0.3, 0.4) is 0 Å². The summed E-state index contributed by atoms with van der Waals surface area (Å²) in [5, 5.41) is 2.96. The van der Waals surface area contributed by atoms with Crippen LogP contribution in [-0.2, 0) is 16.1 Å². The molecule has 1 N–H and O–H groups in total. The summed E-state index contributed by atoms with van der Waals surface area (Å²) in [6, 6.07) is 7.60. The zero-order valence-electron chi connectivity index (χ0n) is 10.8. The Morgan fingerprint density at radius 3 is 2.72 bits per heavy atom. The van der Waals surface area contributed by atoms with Crippen molar-refractivity contribution in [2.24, 2.45) is 0 Å². The van der Waals surface area contributed by atoms with Gasteiger partial charge in [0.05, 0.1) is 19.1 Å². The maximum absolute atomic E-state index is 12.1. The number of nitrogens with zero attached hydrogens (tertiary/aromatic N) is 1. The van der Waals surface area contributed by atoms with Crippen molar-refractivity contribution in [1.82, 2.24) is 10.2 Å². The highest BCUT2D eigenvalue weighted by atomic mass is 16.2. The number of amides is 2. The molecule has 2 rings (SSSR count). The normalized spacial score (nSPS) is 20.3. The minimum absolute atomic E-state index is 0.114. The lowest BCUT2D eigenvalue weighted by atomic mass is 10.1. The topological polar surface area (TPSA) is 49.4 Å². The van der Waals surface area contributed by atoms with Gasteiger partial charge in [0.1, 0.15) is 0 Å². The fraction of sp³-hybridized carbons (Fsp3) is 0.429. The fourth-order valence-electron chi connectivity index (χ4n) is 2.15. The number of aryl methyl sites for hydroxylation is 1. The van der Waals surface area contributed by atoms with Gasteiger partial charge in [0, 0.05) is 0 Å². The molecule has 1 aliphatic rings. The van der Waals surface area contributed by atoms with Crippen molar-refractivity contribution in [3.05, 3.63) is 35.4 Å². The number of rotatable bonds is 3. The van der Waals surface area contributed by atoms with E-state index in [9.17, 15) is 9.59 Å². The van der Waals surface area contributed by atoms with Crippen LogP contribution in [0, 0.1) is 6.92 Å². The zero-order valence-corrected chi connectivity index (χ0v) is 10.8. The lowest BCUT2D eigenvalue weighted by molar-refractivity contribution is -0.150. The maximum atomic E-state index is 12.1. The Bertz CT molecular complexity index is 471. The monoisotopic (exact) mass is 246 g/mol. The van der Waals surface area contributed by atoms with Crippen LogP contribution in [0.1, 0.15) is 24.5 Å². The number of carbonyl (C=O) groups excluding carboxylic acids is 2. The number of nitrogens with one attached hydrogen (secondary N) is 1. The molecule has 1 atom stereocenters. The highest BCUT2D eigenvalue weighted by molar-refractivity contribution is 6.01. The molecule has 1 aliphatic heterocycles. The second-order valence-corrected chi connectivity index (χ2v) is 4.59. The summed E-state index contributed by atoms with van der Waals surface area (Å²) in [5.41, 5.74) is 2.13. The summed E-state index contributed by atoms with van der Waals surface area (Å²) in [7, 11) is 0. The third-order valence-corrected chi connectivity index (χ3v) is 3.36. The highest BCUT2D eigenvalue weighted by Gasteiger charge is 2.32. The second-order valence-electron chi connectivity index (χ2n) is 4.59. The summed E-state index contributed by atoms with van der Waals surface area (Å²) in [5.74, 6) is -0.259. The molecule has 0 spiro atoms. The van der Waals surface area contributed by atoms with E-state index in [0.717, 1.165) is 11.1 Å². The Balaban J connectivity index is 2.18. The van der Waals surface area contributed by atoms with Gasteiger partial charge in [-0.25, -0.2) is 0 Å². The molecule has 0 saturated carbocycles. The first-order valence-electron chi connectivity index (χ1n) is 6.25. The standard InChI is InChI=1S/C14H18N2O2/c1-3-12-14(18)16(13(17)8-15-12)9-11-7-5-4-6-10(11)2/h4-7,12,15H,3,8-9H2,1-2H3. The largest absolute Gasteiger partial charge is 0.297 e. The van der Waals surface area contributed by atoms with Crippen molar-refractivity contribution in [3.63, 3.8) is 0 Å². The molecular weight excluding hydrogens is 228 g/mol. The third kappa shape index (κ3) is 2.43. The van der Waals surface area contributed by atoms with Crippen LogP contribution >= 0.6 is 0 Å². The summed E-state index contributed by atoms with van der Waals surface area (Å²) in [4.78, 5) is 25.3. The molecule has 1 fully saturated rings. The van der Waals surface area contributed by atoms with Crippen molar-refractivity contribution < 1.29 is 9.59 Å². The minimum Gasteiger partial charge on any atom is -0.297 e. The molecule has 4 heteroatoms. The molecule has 1 saturated heterocycles. The molecule has 1 aromatic rings. The third-order valence-electron chi connectivity index (χ3n) is 3.36. The zero-order chi connectivity index (χ0) is 13.1. The van der Waals surface area contributed by atoms with E-state index in [1.54, 1.807) is 0 Å². The molecular formula is C14H18N2O2. The van der Waals surface area contributed by atoms with E-state index in [2.05, 4.69) is 5.32 Å². The maximum Gasteiger partial charge on any atom is 0.246 e. The molecule has 1 heterocycles. The molecule has 0 aliphatic carbocycles. The number of benzene rings is 1. The fourth-order valence-corrected chi connectivity index (χ4v) is 2.15. The van der Waals surface area contributed by atoms with Crippen LogP contribution in [0.25, 0.3) is 0 Å². The van der Waals surface area contributed by atoms with Crippen LogP contribution < -0.4 is 5.32 Å². The molecule has 0 radical (unpaired) electrons. The Morgan fingerprint density at radius 1 is 1.33 bits per heavy atom. The first kappa shape index (κ1) is 12.8. The quantitative estimate of drug-likeness (QED) is 0.816. The number of carbonyl (C=O) groups is 2. The van der Waals surface area contributed by atoms with Crippen LogP contribution in [0.2, 0.25) is 0 Å². The van der Waals surface area contributed by atoms with E-state index < -0.39 is 0 Å². The minimum atomic E-state index is -0.230. The number of hydrogen-bond donors (Lipinski definition) is 1. The molecule has 1 unspecified atom stereocenters. The van der Waals surface area contributed by atoms with Gasteiger partial charge in [-0.2, -0.15) is 0 Å². The molecule has 4 nitrogen and oxygen atoms in total. The van der Waals surface area contributed by atoms with Gasteiger partial charge in [-0.15, -0.1) is 0 Å². The van der Waals surface area contributed by atoms with E-state index in [1.807, 2.05) is 38.1 Å². The van der Waals surface area contributed by atoms with Crippen molar-refractivity contribution in [2.45, 2.75) is 32.9 Å². The van der Waals surface area contributed by atoms with Crippen molar-refractivity contribution in [1.29, 1.82) is 0 Å². The van der Waals surface area contributed by atoms with Gasteiger partial charge in [0.15, 0.2) is 0 Å². The number of piperazine rings is 1. The summed E-state index contributed by atoms with van der Waals surface area (Å²) >= 11 is 0. The van der Waals surface area contributed by atoms with Crippen LogP contribution in [0.15, 0.2) is 24.3 Å². The molecule has 96 valence electrons. The van der Waals surface area contributed by atoms with Crippen molar-refractivity contribution in [3.8, 4) is 0 Å². The van der Waals surface area contributed by atoms with Crippen LogP contribution in [0.4, 0.5) is 0 Å². The second kappa shape index (κ2) is 5.31. The Hall–Kier alpha value is -1.68. The Kier molecular flexibility index (Phi) is 3.77. The molecule has 0 aromatic heterocycles. The lowest BCUT2D eigenvalue weighted by Gasteiger charge is -2.31. The van der Waals surface area contributed by atoms with Crippen LogP contribution in [0.5, 0.6) is 0 Å². The predicted octanol–water partition coefficient (Wildman–Crippen LogP) is 1.23. The van der Waals surface area contributed by atoms with E-state index in [0.29, 0.717) is 13.0 Å². The smallest absolute Gasteiger partial charge is 0.246 e. The summed E-state index contributed by atoms with van der Waals surface area (Å²) in [6.45, 7) is 4.56. The molecule has 0 bridgehead atoms. The van der Waals surface area contributed by atoms with Gasteiger partial charge in [0.25, 0.3) is 0 Å². The van der Waals surface area contributed by atoms with E-state index >= 15 is 0 Å². The molecule has 2 amide bonds. The van der Waals surface area contributed by atoms with Gasteiger partial charge in [-0.05, 0) is 24.5 Å². The number of imide groups is 1. The Labute approximate surface area is 107 Å². The average molecular weight is 246 g/mol. The SMILES string of the molecule is CCC1NCC(=O)N(Cc2ccccc2C)C1=O. The molecule has 18 heavy (non-hydrogen) atoms. The van der Waals surface area contributed by atoms with Gasteiger partial charge in [-0.1, -0.05) is 31.2 Å². The first-order chi connectivity index (χ1) is 8.63. The van der Waals surface area contributed by atoms with Crippen molar-refractivity contribution in [2.75, 3.05) is 6.54 Å². The van der Waals surface area contributed by atoms with E-state index in [1.165, 1.54) is 4.90 Å². The number of hydrogen-bond acceptors (Lipinski definition) is 3.